The Morgan fingerprint density at radius 1 is 1.13 bits per heavy atom. The van der Waals surface area contributed by atoms with Crippen molar-refractivity contribution >= 4 is 0 Å². The van der Waals surface area contributed by atoms with E-state index in [0.29, 0.717) is 17.3 Å². The van der Waals surface area contributed by atoms with E-state index in [9.17, 15) is 9.18 Å². The summed E-state index contributed by atoms with van der Waals surface area (Å²) in [5.41, 5.74) is 2.22. The number of hydrogen-bond acceptors (Lipinski definition) is 6. The highest BCUT2D eigenvalue weighted by Crippen LogP contribution is 2.19. The molecule has 0 aliphatic rings. The second kappa shape index (κ2) is 8.55. The molecule has 2 aromatic heterocycles. The highest BCUT2D eigenvalue weighted by Gasteiger charge is 2.09. The van der Waals surface area contributed by atoms with Crippen LogP contribution in [0, 0.1) is 17.1 Å². The molecule has 0 spiro atoms. The van der Waals surface area contributed by atoms with Crippen molar-refractivity contribution < 1.29 is 9.13 Å². The van der Waals surface area contributed by atoms with Crippen molar-refractivity contribution in [1.29, 1.82) is 5.26 Å². The molecule has 2 heterocycles. The molecule has 7 nitrogen and oxygen atoms in total. The highest BCUT2D eigenvalue weighted by molar-refractivity contribution is 5.56. The van der Waals surface area contributed by atoms with Crippen LogP contribution in [0.3, 0.4) is 0 Å². The lowest BCUT2D eigenvalue weighted by atomic mass is 10.1. The average molecular weight is 413 g/mol. The van der Waals surface area contributed by atoms with Gasteiger partial charge in [0, 0.05) is 24.2 Å². The molecule has 152 valence electrons. The number of nitrogens with zero attached hydrogens (tertiary/aromatic N) is 5. The Balaban J connectivity index is 1.66. The van der Waals surface area contributed by atoms with Gasteiger partial charge in [0.25, 0.3) is 0 Å². The smallest absolute Gasteiger partial charge is 0.203 e. The van der Waals surface area contributed by atoms with E-state index in [1.165, 1.54) is 29.1 Å². The second-order valence-corrected chi connectivity index (χ2v) is 6.70. The molecule has 0 fully saturated rings. The first-order valence-electron chi connectivity index (χ1n) is 9.31. The second-order valence-electron chi connectivity index (χ2n) is 6.70. The first-order chi connectivity index (χ1) is 15.1. The number of methoxy groups -OCH3 is 1. The topological polar surface area (TPSA) is 93.7 Å². The fourth-order valence-electron chi connectivity index (χ4n) is 3.07. The lowest BCUT2D eigenvalue weighted by Gasteiger charge is -2.09. The van der Waals surface area contributed by atoms with Crippen molar-refractivity contribution in [3.05, 3.63) is 100.0 Å². The maximum absolute atomic E-state index is 13.8. The van der Waals surface area contributed by atoms with Gasteiger partial charge in [-0.1, -0.05) is 18.2 Å². The zero-order chi connectivity index (χ0) is 21.8. The van der Waals surface area contributed by atoms with Crippen molar-refractivity contribution in [2.75, 3.05) is 7.11 Å². The molecule has 0 saturated carbocycles. The monoisotopic (exact) mass is 413 g/mol. The number of nitriles is 1. The van der Waals surface area contributed by atoms with Crippen LogP contribution in [0.2, 0.25) is 0 Å². The summed E-state index contributed by atoms with van der Waals surface area (Å²) in [6.07, 6.45) is 4.88. The molecule has 0 amide bonds. The quantitative estimate of drug-likeness (QED) is 0.498. The largest absolute Gasteiger partial charge is 0.494 e. The van der Waals surface area contributed by atoms with Crippen molar-refractivity contribution in [3.8, 4) is 28.9 Å². The van der Waals surface area contributed by atoms with Gasteiger partial charge in [-0.2, -0.15) is 10.4 Å². The molecule has 0 aliphatic heterocycles. The van der Waals surface area contributed by atoms with Gasteiger partial charge in [-0.05, 0) is 29.8 Å². The molecule has 2 aromatic carbocycles. The summed E-state index contributed by atoms with van der Waals surface area (Å²) < 4.78 is 20.3. The van der Waals surface area contributed by atoms with Crippen LogP contribution in [-0.4, -0.2) is 26.9 Å². The number of halogens is 1. The molecule has 0 unspecified atom stereocenters. The highest BCUT2D eigenvalue weighted by atomic mass is 19.1. The van der Waals surface area contributed by atoms with Crippen molar-refractivity contribution in [1.82, 2.24) is 19.7 Å². The van der Waals surface area contributed by atoms with Gasteiger partial charge in [0.2, 0.25) is 5.43 Å². The fraction of sp³-hybridized carbons (Fsp3) is 0.0870. The van der Waals surface area contributed by atoms with Crippen LogP contribution in [0.25, 0.3) is 17.1 Å². The molecule has 4 aromatic rings. The van der Waals surface area contributed by atoms with Crippen LogP contribution in [-0.2, 0) is 6.42 Å². The minimum Gasteiger partial charge on any atom is -0.494 e. The maximum atomic E-state index is 13.8. The predicted octanol–water partition coefficient (Wildman–Crippen LogP) is 3.30. The number of benzene rings is 2. The zero-order valence-corrected chi connectivity index (χ0v) is 16.5. The van der Waals surface area contributed by atoms with Crippen LogP contribution in [0.1, 0.15) is 16.8 Å². The van der Waals surface area contributed by atoms with E-state index in [4.69, 9.17) is 10.00 Å². The Morgan fingerprint density at radius 2 is 1.94 bits per heavy atom. The summed E-state index contributed by atoms with van der Waals surface area (Å²) in [5.74, 6) is 0.541. The van der Waals surface area contributed by atoms with Crippen LogP contribution in [0.15, 0.2) is 71.9 Å². The summed E-state index contributed by atoms with van der Waals surface area (Å²) in [5, 5.41) is 13.4. The predicted molar refractivity (Wildman–Crippen MR) is 111 cm³/mol. The molecule has 0 bridgehead atoms. The third kappa shape index (κ3) is 4.46. The van der Waals surface area contributed by atoms with E-state index >= 15 is 0 Å². The molecule has 0 radical (unpaired) electrons. The lowest BCUT2D eigenvalue weighted by Crippen LogP contribution is -2.16. The van der Waals surface area contributed by atoms with Crippen molar-refractivity contribution in [2.45, 2.75) is 6.42 Å². The van der Waals surface area contributed by atoms with Crippen LogP contribution in [0.4, 0.5) is 4.39 Å². The SMILES string of the molecule is COc1cnc(-c2cccc(Cc3nn(-c4cc(F)cc(C#N)c4)ccc3=O)c2)nc1. The van der Waals surface area contributed by atoms with Gasteiger partial charge in [0.05, 0.1) is 36.8 Å². The fourth-order valence-corrected chi connectivity index (χ4v) is 3.07. The Labute approximate surface area is 177 Å². The number of ether oxygens (including phenoxy) is 1. The number of rotatable bonds is 5. The molecular formula is C23H16FN5O2. The third-order valence-corrected chi connectivity index (χ3v) is 4.58. The standard InChI is InChI=1S/C23H16FN5O2/c1-31-20-13-26-23(27-14-20)17-4-2-3-15(7-17)10-21-22(30)5-6-29(28-21)19-9-16(12-25)8-18(24)11-19/h2-9,11,13-14H,10H2,1H3. The van der Waals surface area contributed by atoms with Gasteiger partial charge in [-0.3, -0.25) is 4.79 Å². The summed E-state index contributed by atoms with van der Waals surface area (Å²) in [7, 11) is 1.55. The molecule has 8 heteroatoms. The maximum Gasteiger partial charge on any atom is 0.203 e. The summed E-state index contributed by atoms with van der Waals surface area (Å²) in [4.78, 5) is 21.0. The molecule has 0 atom stereocenters. The number of hydrogen-bond donors (Lipinski definition) is 0. The molecular weight excluding hydrogens is 397 g/mol. The molecule has 31 heavy (non-hydrogen) atoms. The van der Waals surface area contributed by atoms with Gasteiger partial charge >= 0.3 is 0 Å². The van der Waals surface area contributed by atoms with E-state index in [2.05, 4.69) is 15.1 Å². The summed E-state index contributed by atoms with van der Waals surface area (Å²) >= 11 is 0. The van der Waals surface area contributed by atoms with Crippen molar-refractivity contribution in [3.63, 3.8) is 0 Å². The first kappa shape index (κ1) is 19.9. The average Bonchev–Trinajstić information content (AvgIpc) is 2.80. The van der Waals surface area contributed by atoms with Gasteiger partial charge in [0.1, 0.15) is 11.5 Å². The Morgan fingerprint density at radius 3 is 2.68 bits per heavy atom. The van der Waals surface area contributed by atoms with Crippen LogP contribution >= 0.6 is 0 Å². The van der Waals surface area contributed by atoms with Gasteiger partial charge in [0.15, 0.2) is 11.6 Å². The minimum absolute atomic E-state index is 0.171. The molecule has 0 aliphatic carbocycles. The number of aromatic nitrogens is 4. The normalized spacial score (nSPS) is 10.5. The summed E-state index contributed by atoms with van der Waals surface area (Å²) in [6, 6.07) is 14.7. The molecule has 0 N–H and O–H groups in total. The minimum atomic E-state index is -0.553. The van der Waals surface area contributed by atoms with Crippen LogP contribution < -0.4 is 10.2 Å². The van der Waals surface area contributed by atoms with E-state index in [0.717, 1.165) is 17.2 Å². The molecule has 0 saturated heterocycles. The third-order valence-electron chi connectivity index (χ3n) is 4.58. The lowest BCUT2D eigenvalue weighted by molar-refractivity contribution is 0.411. The van der Waals surface area contributed by atoms with Gasteiger partial charge in [-0.25, -0.2) is 19.0 Å². The molecule has 4 rings (SSSR count). The van der Waals surface area contributed by atoms with Gasteiger partial charge in [-0.15, -0.1) is 0 Å². The summed E-state index contributed by atoms with van der Waals surface area (Å²) in [6.45, 7) is 0. The van der Waals surface area contributed by atoms with Crippen LogP contribution in [0.5, 0.6) is 5.75 Å². The Kier molecular flexibility index (Phi) is 5.49. The van der Waals surface area contributed by atoms with Gasteiger partial charge < -0.3 is 4.74 Å². The Bertz CT molecular complexity index is 1340. The first-order valence-corrected chi connectivity index (χ1v) is 9.31. The van der Waals surface area contributed by atoms with E-state index in [1.54, 1.807) is 19.5 Å². The van der Waals surface area contributed by atoms with E-state index in [-0.39, 0.29) is 23.1 Å². The zero-order valence-electron chi connectivity index (χ0n) is 16.5. The Hall–Kier alpha value is -4.38. The van der Waals surface area contributed by atoms with E-state index < -0.39 is 5.82 Å². The van der Waals surface area contributed by atoms with E-state index in [1.807, 2.05) is 30.3 Å². The van der Waals surface area contributed by atoms with Crippen molar-refractivity contribution in [2.24, 2.45) is 0 Å².